The van der Waals surface area contributed by atoms with Crippen LogP contribution in [-0.4, -0.2) is 50.0 Å². The van der Waals surface area contributed by atoms with E-state index in [1.165, 1.54) is 11.4 Å². The maximum absolute atomic E-state index is 12.4. The fourth-order valence-electron chi connectivity index (χ4n) is 3.04. The fraction of sp³-hybridized carbons (Fsp3) is 0.688. The zero-order valence-electron chi connectivity index (χ0n) is 15.3. The molecule has 1 aromatic heterocycles. The molecule has 2 rings (SSSR count). The molecule has 1 aromatic rings. The number of aryl methyl sites for hydroxylation is 2. The predicted octanol–water partition coefficient (Wildman–Crippen LogP) is 0.588. The number of rotatable bonds is 7. The van der Waals surface area contributed by atoms with Crippen LogP contribution in [0.4, 0.5) is 0 Å². The minimum absolute atomic E-state index is 0.103. The van der Waals surface area contributed by atoms with Gasteiger partial charge in [0.05, 0.1) is 25.1 Å². The monoisotopic (exact) mass is 387 g/mol. The predicted molar refractivity (Wildman–Crippen MR) is 92.3 cm³/mol. The van der Waals surface area contributed by atoms with Crippen molar-refractivity contribution in [1.82, 2.24) is 14.2 Å². The molecule has 26 heavy (non-hydrogen) atoms. The minimum atomic E-state index is -3.95. The molecule has 0 radical (unpaired) electrons. The smallest absolute Gasteiger partial charge is 0.308 e. The van der Waals surface area contributed by atoms with Gasteiger partial charge in [-0.05, 0) is 19.3 Å². The summed E-state index contributed by atoms with van der Waals surface area (Å²) in [6, 6.07) is 0. The molecule has 2 heterocycles. The summed E-state index contributed by atoms with van der Waals surface area (Å²) in [6.45, 7) is 4.09. The van der Waals surface area contributed by atoms with E-state index in [1.807, 2.05) is 13.8 Å². The first-order valence-corrected chi connectivity index (χ1v) is 10.1. The summed E-state index contributed by atoms with van der Waals surface area (Å²) in [7, 11) is -2.64. The van der Waals surface area contributed by atoms with Crippen molar-refractivity contribution in [3.05, 3.63) is 17.0 Å². The van der Waals surface area contributed by atoms with Crippen LogP contribution in [0.25, 0.3) is 0 Å². The van der Waals surface area contributed by atoms with Gasteiger partial charge in [-0.2, -0.15) is 12.7 Å². The Morgan fingerprint density at radius 3 is 2.46 bits per heavy atom. The Morgan fingerprint density at radius 2 is 1.92 bits per heavy atom. The van der Waals surface area contributed by atoms with Gasteiger partial charge in [0.15, 0.2) is 0 Å². The largest absolute Gasteiger partial charge is 0.469 e. The first-order chi connectivity index (χ1) is 12.3. The van der Waals surface area contributed by atoms with Crippen molar-refractivity contribution < 1.29 is 27.3 Å². The van der Waals surface area contributed by atoms with Gasteiger partial charge < -0.3 is 9.26 Å². The van der Waals surface area contributed by atoms with Crippen molar-refractivity contribution in [2.45, 2.75) is 46.0 Å². The van der Waals surface area contributed by atoms with Crippen LogP contribution in [0, 0.1) is 5.92 Å². The Morgan fingerprint density at radius 1 is 1.27 bits per heavy atom. The summed E-state index contributed by atoms with van der Waals surface area (Å²) in [4.78, 5) is 23.8. The Hall–Kier alpha value is -1.94. The van der Waals surface area contributed by atoms with Crippen molar-refractivity contribution >= 4 is 22.1 Å². The van der Waals surface area contributed by atoms with Crippen molar-refractivity contribution in [3.63, 3.8) is 0 Å². The second-order valence-electron chi connectivity index (χ2n) is 6.14. The number of hydrogen-bond acceptors (Lipinski definition) is 7. The van der Waals surface area contributed by atoms with Gasteiger partial charge in [0.2, 0.25) is 5.91 Å². The molecule has 1 amide bonds. The van der Waals surface area contributed by atoms with E-state index in [2.05, 4.69) is 14.6 Å². The Balaban J connectivity index is 1.98. The number of esters is 1. The van der Waals surface area contributed by atoms with E-state index in [4.69, 9.17) is 4.52 Å². The van der Waals surface area contributed by atoms with Gasteiger partial charge in [-0.25, -0.2) is 4.72 Å². The van der Waals surface area contributed by atoms with Gasteiger partial charge in [-0.3, -0.25) is 9.59 Å². The van der Waals surface area contributed by atoms with Crippen molar-refractivity contribution in [3.8, 4) is 0 Å². The third-order valence-corrected chi connectivity index (χ3v) is 6.05. The molecular formula is C16H25N3O6S. The highest BCUT2D eigenvalue weighted by Crippen LogP contribution is 2.21. The molecule has 9 nitrogen and oxygen atoms in total. The zero-order chi connectivity index (χ0) is 19.3. The maximum atomic E-state index is 12.4. The number of carbonyl (C=O) groups is 2. The molecule has 1 N–H and O–H groups in total. The Kier molecular flexibility index (Phi) is 6.76. The van der Waals surface area contributed by atoms with Crippen LogP contribution in [0.5, 0.6) is 0 Å². The van der Waals surface area contributed by atoms with Gasteiger partial charge in [0.1, 0.15) is 5.76 Å². The van der Waals surface area contributed by atoms with E-state index in [9.17, 15) is 18.0 Å². The topological polar surface area (TPSA) is 119 Å². The third kappa shape index (κ3) is 4.61. The maximum Gasteiger partial charge on any atom is 0.308 e. The summed E-state index contributed by atoms with van der Waals surface area (Å²) >= 11 is 0. The van der Waals surface area contributed by atoms with E-state index in [-0.39, 0.29) is 31.4 Å². The summed E-state index contributed by atoms with van der Waals surface area (Å²) in [6.07, 6.45) is 1.80. The molecule has 0 saturated carbocycles. The second kappa shape index (κ2) is 8.63. The molecule has 10 heteroatoms. The number of carbonyl (C=O) groups excluding carboxylic acids is 2. The molecule has 0 aliphatic carbocycles. The lowest BCUT2D eigenvalue weighted by atomic mass is 9.99. The molecule has 0 aromatic carbocycles. The van der Waals surface area contributed by atoms with Crippen LogP contribution in [-0.2, 0) is 43.8 Å². The SMILES string of the molecule is CCc1noc(CC)c1CC(=O)NS(=O)(=O)N1CCC(C(=O)OC)CC1. The van der Waals surface area contributed by atoms with E-state index in [0.717, 1.165) is 0 Å². The van der Waals surface area contributed by atoms with Crippen LogP contribution >= 0.6 is 0 Å². The quantitative estimate of drug-likeness (QED) is 0.680. The summed E-state index contributed by atoms with van der Waals surface area (Å²) in [5, 5.41) is 3.92. The van der Waals surface area contributed by atoms with Crippen molar-refractivity contribution in [2.75, 3.05) is 20.2 Å². The number of hydrogen-bond donors (Lipinski definition) is 1. The van der Waals surface area contributed by atoms with E-state index < -0.39 is 16.1 Å². The average Bonchev–Trinajstić information content (AvgIpc) is 3.02. The third-order valence-electron chi connectivity index (χ3n) is 4.52. The number of aromatic nitrogens is 1. The molecule has 1 saturated heterocycles. The van der Waals surface area contributed by atoms with Crippen LogP contribution in [0.2, 0.25) is 0 Å². The fourth-order valence-corrected chi connectivity index (χ4v) is 4.22. The number of methoxy groups -OCH3 is 1. The molecule has 1 fully saturated rings. The van der Waals surface area contributed by atoms with Gasteiger partial charge in [-0.1, -0.05) is 19.0 Å². The molecule has 0 atom stereocenters. The zero-order valence-corrected chi connectivity index (χ0v) is 16.1. The van der Waals surface area contributed by atoms with Crippen LogP contribution < -0.4 is 4.72 Å². The van der Waals surface area contributed by atoms with Crippen LogP contribution in [0.3, 0.4) is 0 Å². The molecule has 1 aliphatic rings. The average molecular weight is 387 g/mol. The molecule has 0 spiro atoms. The lowest BCUT2D eigenvalue weighted by Crippen LogP contribution is -2.48. The molecule has 0 bridgehead atoms. The lowest BCUT2D eigenvalue weighted by Gasteiger charge is -2.29. The normalized spacial score (nSPS) is 16.4. The highest BCUT2D eigenvalue weighted by molar-refractivity contribution is 7.87. The molecular weight excluding hydrogens is 362 g/mol. The Bertz CT molecular complexity index is 729. The van der Waals surface area contributed by atoms with Crippen molar-refractivity contribution in [2.24, 2.45) is 5.92 Å². The van der Waals surface area contributed by atoms with Gasteiger partial charge in [-0.15, -0.1) is 0 Å². The first-order valence-electron chi connectivity index (χ1n) is 8.67. The van der Waals surface area contributed by atoms with Crippen LogP contribution in [0.15, 0.2) is 4.52 Å². The first kappa shape index (κ1) is 20.4. The molecule has 146 valence electrons. The second-order valence-corrected chi connectivity index (χ2v) is 7.81. The Labute approximate surface area is 153 Å². The lowest BCUT2D eigenvalue weighted by molar-refractivity contribution is -0.146. The highest BCUT2D eigenvalue weighted by atomic mass is 32.2. The van der Waals surface area contributed by atoms with E-state index in [1.54, 1.807) is 0 Å². The van der Waals surface area contributed by atoms with E-state index in [0.29, 0.717) is 42.7 Å². The minimum Gasteiger partial charge on any atom is -0.469 e. The summed E-state index contributed by atoms with van der Waals surface area (Å²) in [5.41, 5.74) is 1.31. The summed E-state index contributed by atoms with van der Waals surface area (Å²) in [5.74, 6) is -0.683. The number of amides is 1. The van der Waals surface area contributed by atoms with Crippen LogP contribution in [0.1, 0.15) is 43.7 Å². The van der Waals surface area contributed by atoms with E-state index >= 15 is 0 Å². The number of piperidine rings is 1. The van der Waals surface area contributed by atoms with Gasteiger partial charge >= 0.3 is 16.2 Å². The number of nitrogens with one attached hydrogen (secondary N) is 1. The standard InChI is InChI=1S/C16H25N3O6S/c1-4-13-12(14(5-2)25-17-13)10-15(20)18-26(22,23)19-8-6-11(7-9-19)16(21)24-3/h11H,4-10H2,1-3H3,(H,18,20). The number of nitrogens with zero attached hydrogens (tertiary/aromatic N) is 2. The van der Waals surface area contributed by atoms with Gasteiger partial charge in [0, 0.05) is 25.1 Å². The summed E-state index contributed by atoms with van der Waals surface area (Å²) < 4.78 is 38.0. The number of ether oxygens (including phenoxy) is 1. The molecule has 1 aliphatic heterocycles. The van der Waals surface area contributed by atoms with Gasteiger partial charge in [0.25, 0.3) is 0 Å². The van der Waals surface area contributed by atoms with Crippen molar-refractivity contribution in [1.29, 1.82) is 0 Å². The highest BCUT2D eigenvalue weighted by Gasteiger charge is 2.32. The molecule has 0 unspecified atom stereocenters.